The largest absolute Gasteiger partial charge is 0.347 e. The SMILES string of the molecule is Cc1ccc(-n2c(C)cc(/C=C(\C#N)C(=O)NCc3cccs3)c2C)cc1. The molecule has 136 valence electrons. The number of rotatable bonds is 5. The standard InChI is InChI=1S/C22H21N3OS/c1-15-6-8-20(9-7-15)25-16(2)11-18(17(25)3)12-19(13-23)22(26)24-14-21-5-4-10-27-21/h4-12H,14H2,1-3H3,(H,24,26)/b19-12+. The fourth-order valence-electron chi connectivity index (χ4n) is 3.00. The number of amides is 1. The summed E-state index contributed by atoms with van der Waals surface area (Å²) in [5.41, 5.74) is 5.30. The number of nitrogens with zero attached hydrogens (tertiary/aromatic N) is 2. The van der Waals surface area contributed by atoms with Gasteiger partial charge in [0.25, 0.3) is 5.91 Å². The summed E-state index contributed by atoms with van der Waals surface area (Å²) in [5.74, 6) is -0.356. The van der Waals surface area contributed by atoms with E-state index in [4.69, 9.17) is 0 Å². The van der Waals surface area contributed by atoms with Crippen molar-refractivity contribution in [2.75, 3.05) is 0 Å². The first kappa shape index (κ1) is 18.7. The van der Waals surface area contributed by atoms with Gasteiger partial charge in [0.15, 0.2) is 0 Å². The number of nitriles is 1. The van der Waals surface area contributed by atoms with Gasteiger partial charge in [-0.2, -0.15) is 5.26 Å². The maximum absolute atomic E-state index is 12.4. The Morgan fingerprint density at radius 1 is 1.22 bits per heavy atom. The normalized spacial score (nSPS) is 11.3. The van der Waals surface area contributed by atoms with Crippen molar-refractivity contribution >= 4 is 23.3 Å². The van der Waals surface area contributed by atoms with Crippen LogP contribution >= 0.6 is 11.3 Å². The minimum Gasteiger partial charge on any atom is -0.347 e. The van der Waals surface area contributed by atoms with Crippen LogP contribution in [-0.2, 0) is 11.3 Å². The number of aromatic nitrogens is 1. The van der Waals surface area contributed by atoms with Gasteiger partial charge in [0.05, 0.1) is 6.54 Å². The predicted octanol–water partition coefficient (Wildman–Crippen LogP) is 4.69. The lowest BCUT2D eigenvalue weighted by Crippen LogP contribution is -2.23. The molecule has 0 aliphatic heterocycles. The molecule has 5 heteroatoms. The second-order valence-corrected chi connectivity index (χ2v) is 7.46. The first-order valence-corrected chi connectivity index (χ1v) is 9.56. The van der Waals surface area contributed by atoms with Crippen molar-refractivity contribution < 1.29 is 4.79 Å². The summed E-state index contributed by atoms with van der Waals surface area (Å²) in [4.78, 5) is 13.4. The number of aryl methyl sites for hydroxylation is 2. The van der Waals surface area contributed by atoms with Crippen molar-refractivity contribution in [2.45, 2.75) is 27.3 Å². The number of benzene rings is 1. The molecule has 3 aromatic rings. The van der Waals surface area contributed by atoms with Crippen LogP contribution in [0, 0.1) is 32.1 Å². The zero-order valence-electron chi connectivity index (χ0n) is 15.6. The molecule has 1 N–H and O–H groups in total. The van der Waals surface area contributed by atoms with Crippen molar-refractivity contribution in [3.05, 3.63) is 80.8 Å². The number of thiophene rings is 1. The maximum atomic E-state index is 12.4. The second-order valence-electron chi connectivity index (χ2n) is 6.43. The molecular weight excluding hydrogens is 354 g/mol. The van der Waals surface area contributed by atoms with E-state index in [1.54, 1.807) is 17.4 Å². The molecule has 0 bridgehead atoms. The smallest absolute Gasteiger partial charge is 0.262 e. The third-order valence-electron chi connectivity index (χ3n) is 4.43. The van der Waals surface area contributed by atoms with Gasteiger partial charge < -0.3 is 9.88 Å². The van der Waals surface area contributed by atoms with Crippen LogP contribution in [0.1, 0.15) is 27.4 Å². The summed E-state index contributed by atoms with van der Waals surface area (Å²) < 4.78 is 2.13. The lowest BCUT2D eigenvalue weighted by Gasteiger charge is -2.10. The summed E-state index contributed by atoms with van der Waals surface area (Å²) in [6.45, 7) is 6.50. The zero-order chi connectivity index (χ0) is 19.4. The van der Waals surface area contributed by atoms with E-state index in [0.717, 1.165) is 27.5 Å². The second kappa shape index (κ2) is 8.07. The van der Waals surface area contributed by atoms with E-state index in [-0.39, 0.29) is 11.5 Å². The number of hydrogen-bond acceptors (Lipinski definition) is 3. The van der Waals surface area contributed by atoms with Crippen molar-refractivity contribution in [2.24, 2.45) is 0 Å². The van der Waals surface area contributed by atoms with E-state index in [1.807, 2.05) is 43.5 Å². The molecule has 0 atom stereocenters. The highest BCUT2D eigenvalue weighted by Gasteiger charge is 2.13. The Kier molecular flexibility index (Phi) is 5.58. The fraction of sp³-hybridized carbons (Fsp3) is 0.182. The van der Waals surface area contributed by atoms with Crippen LogP contribution in [0.2, 0.25) is 0 Å². The molecule has 27 heavy (non-hydrogen) atoms. The molecule has 2 aromatic heterocycles. The molecule has 0 aliphatic carbocycles. The highest BCUT2D eigenvalue weighted by atomic mass is 32.1. The predicted molar refractivity (Wildman–Crippen MR) is 110 cm³/mol. The lowest BCUT2D eigenvalue weighted by atomic mass is 10.1. The average molecular weight is 375 g/mol. The van der Waals surface area contributed by atoms with Gasteiger partial charge in [-0.3, -0.25) is 4.79 Å². The highest BCUT2D eigenvalue weighted by Crippen LogP contribution is 2.23. The van der Waals surface area contributed by atoms with Crippen LogP contribution in [0.3, 0.4) is 0 Å². The monoisotopic (exact) mass is 375 g/mol. The Morgan fingerprint density at radius 3 is 2.59 bits per heavy atom. The topological polar surface area (TPSA) is 57.8 Å². The van der Waals surface area contributed by atoms with Gasteiger partial charge in [-0.05, 0) is 62.1 Å². The number of hydrogen-bond donors (Lipinski definition) is 1. The minimum absolute atomic E-state index is 0.107. The molecule has 0 radical (unpaired) electrons. The fourth-order valence-corrected chi connectivity index (χ4v) is 3.65. The van der Waals surface area contributed by atoms with Gasteiger partial charge in [0, 0.05) is 22.0 Å². The van der Waals surface area contributed by atoms with Gasteiger partial charge in [0.1, 0.15) is 11.6 Å². The quantitative estimate of drug-likeness (QED) is 0.520. The van der Waals surface area contributed by atoms with E-state index in [2.05, 4.69) is 41.1 Å². The molecule has 1 aromatic carbocycles. The molecule has 0 unspecified atom stereocenters. The average Bonchev–Trinajstić information content (AvgIpc) is 3.27. The molecule has 4 nitrogen and oxygen atoms in total. The Balaban J connectivity index is 1.86. The molecular formula is C22H21N3OS. The van der Waals surface area contributed by atoms with E-state index < -0.39 is 0 Å². The van der Waals surface area contributed by atoms with E-state index in [1.165, 1.54) is 5.56 Å². The van der Waals surface area contributed by atoms with E-state index in [9.17, 15) is 10.1 Å². The minimum atomic E-state index is -0.356. The molecule has 0 spiro atoms. The van der Waals surface area contributed by atoms with Crippen LogP contribution in [0.4, 0.5) is 0 Å². The summed E-state index contributed by atoms with van der Waals surface area (Å²) in [6, 6.07) is 16.2. The van der Waals surface area contributed by atoms with Gasteiger partial charge in [0.2, 0.25) is 0 Å². The highest BCUT2D eigenvalue weighted by molar-refractivity contribution is 7.09. The van der Waals surface area contributed by atoms with Crippen LogP contribution in [-0.4, -0.2) is 10.5 Å². The summed E-state index contributed by atoms with van der Waals surface area (Å²) in [5, 5.41) is 14.2. The zero-order valence-corrected chi connectivity index (χ0v) is 16.4. The molecule has 2 heterocycles. The Morgan fingerprint density at radius 2 is 1.96 bits per heavy atom. The third kappa shape index (κ3) is 4.18. The number of nitrogens with one attached hydrogen (secondary N) is 1. The lowest BCUT2D eigenvalue weighted by molar-refractivity contribution is -0.117. The Labute approximate surface area is 163 Å². The van der Waals surface area contributed by atoms with Crippen molar-refractivity contribution in [1.29, 1.82) is 5.26 Å². The number of carbonyl (C=O) groups is 1. The van der Waals surface area contributed by atoms with E-state index in [0.29, 0.717) is 6.54 Å². The van der Waals surface area contributed by atoms with Crippen LogP contribution in [0.5, 0.6) is 0 Å². The first-order valence-electron chi connectivity index (χ1n) is 8.68. The van der Waals surface area contributed by atoms with Crippen molar-refractivity contribution in [1.82, 2.24) is 9.88 Å². The van der Waals surface area contributed by atoms with Gasteiger partial charge in [-0.15, -0.1) is 11.3 Å². The summed E-state index contributed by atoms with van der Waals surface area (Å²) >= 11 is 1.57. The first-order chi connectivity index (χ1) is 13.0. The van der Waals surface area contributed by atoms with Crippen molar-refractivity contribution in [3.8, 4) is 11.8 Å². The van der Waals surface area contributed by atoms with Gasteiger partial charge in [-0.1, -0.05) is 23.8 Å². The van der Waals surface area contributed by atoms with Crippen LogP contribution in [0.25, 0.3) is 11.8 Å². The Bertz CT molecular complexity index is 1020. The van der Waals surface area contributed by atoms with Crippen LogP contribution < -0.4 is 5.32 Å². The van der Waals surface area contributed by atoms with Crippen LogP contribution in [0.15, 0.2) is 53.4 Å². The summed E-state index contributed by atoms with van der Waals surface area (Å²) in [7, 11) is 0. The molecule has 0 saturated heterocycles. The molecule has 0 fully saturated rings. The number of carbonyl (C=O) groups excluding carboxylic acids is 1. The van der Waals surface area contributed by atoms with E-state index >= 15 is 0 Å². The molecule has 3 rings (SSSR count). The maximum Gasteiger partial charge on any atom is 0.262 e. The molecule has 1 amide bonds. The van der Waals surface area contributed by atoms with Gasteiger partial charge >= 0.3 is 0 Å². The molecule has 0 aliphatic rings. The van der Waals surface area contributed by atoms with Gasteiger partial charge in [-0.25, -0.2) is 0 Å². The van der Waals surface area contributed by atoms with Crippen molar-refractivity contribution in [3.63, 3.8) is 0 Å². The summed E-state index contributed by atoms with van der Waals surface area (Å²) in [6.07, 6.45) is 1.66. The third-order valence-corrected chi connectivity index (χ3v) is 5.31. The molecule has 0 saturated carbocycles. The Hall–Kier alpha value is -3.10.